The number of hydrogen-bond acceptors (Lipinski definition) is 6. The Morgan fingerprint density at radius 3 is 2.29 bits per heavy atom. The topological polar surface area (TPSA) is 85.4 Å². The lowest BCUT2D eigenvalue weighted by molar-refractivity contribution is -0.134. The second-order valence-electron chi connectivity index (χ2n) is 8.31. The Morgan fingerprint density at radius 2 is 1.58 bits per heavy atom. The maximum atomic E-state index is 13.0. The molecule has 9 heteroatoms. The third kappa shape index (κ3) is 4.92. The number of fused-ring (bicyclic) bond motifs is 1. The number of piperazine rings is 1. The fourth-order valence-electron chi connectivity index (χ4n) is 4.43. The molecule has 0 saturated carbocycles. The van der Waals surface area contributed by atoms with Crippen LogP contribution in [0.5, 0.6) is 5.75 Å². The first-order chi connectivity index (χ1) is 15.0. The summed E-state index contributed by atoms with van der Waals surface area (Å²) < 4.78 is 5.81. The van der Waals surface area contributed by atoms with Gasteiger partial charge in [-0.3, -0.25) is 19.3 Å². The van der Waals surface area contributed by atoms with E-state index in [-0.39, 0.29) is 24.3 Å². The molecule has 0 aliphatic carbocycles. The van der Waals surface area contributed by atoms with Crippen LogP contribution in [0.25, 0.3) is 0 Å². The van der Waals surface area contributed by atoms with Crippen LogP contribution in [0.15, 0.2) is 24.3 Å². The summed E-state index contributed by atoms with van der Waals surface area (Å²) in [5.74, 6) is 0.629. The van der Waals surface area contributed by atoms with Crippen LogP contribution >= 0.6 is 0 Å². The van der Waals surface area contributed by atoms with Gasteiger partial charge < -0.3 is 24.8 Å². The van der Waals surface area contributed by atoms with Gasteiger partial charge in [0.1, 0.15) is 5.75 Å². The van der Waals surface area contributed by atoms with E-state index in [4.69, 9.17) is 4.74 Å². The highest BCUT2D eigenvalue weighted by Crippen LogP contribution is 2.33. The molecule has 0 aromatic heterocycles. The summed E-state index contributed by atoms with van der Waals surface area (Å²) in [4.78, 5) is 45.4. The van der Waals surface area contributed by atoms with Gasteiger partial charge in [0.15, 0.2) is 6.10 Å². The van der Waals surface area contributed by atoms with Crippen molar-refractivity contribution in [2.75, 3.05) is 70.9 Å². The number of anilines is 1. The molecule has 168 valence electrons. The number of carbonyl (C=O) groups is 3. The van der Waals surface area contributed by atoms with E-state index in [1.54, 1.807) is 7.05 Å². The van der Waals surface area contributed by atoms with Crippen molar-refractivity contribution in [1.82, 2.24) is 20.0 Å². The molecule has 0 radical (unpaired) electrons. The maximum Gasteiger partial charge on any atom is 0.262 e. The molecule has 3 aliphatic heterocycles. The van der Waals surface area contributed by atoms with E-state index in [0.717, 1.165) is 31.6 Å². The third-order valence-corrected chi connectivity index (χ3v) is 6.27. The van der Waals surface area contributed by atoms with Crippen molar-refractivity contribution in [3.63, 3.8) is 0 Å². The van der Waals surface area contributed by atoms with Gasteiger partial charge in [0.2, 0.25) is 11.8 Å². The molecule has 1 aromatic rings. The van der Waals surface area contributed by atoms with E-state index in [0.29, 0.717) is 45.0 Å². The molecule has 3 heterocycles. The molecule has 0 bridgehead atoms. The van der Waals surface area contributed by atoms with Crippen molar-refractivity contribution in [3.8, 4) is 5.75 Å². The molecule has 1 aromatic carbocycles. The minimum Gasteiger partial charge on any atom is -0.477 e. The van der Waals surface area contributed by atoms with Gasteiger partial charge in [0.05, 0.1) is 25.3 Å². The van der Waals surface area contributed by atoms with E-state index in [9.17, 15) is 14.4 Å². The highest BCUT2D eigenvalue weighted by molar-refractivity contribution is 5.86. The number of likely N-dealkylation sites (N-methyl/N-ethyl adjacent to an activating group) is 1. The van der Waals surface area contributed by atoms with Gasteiger partial charge in [-0.05, 0) is 25.0 Å². The van der Waals surface area contributed by atoms with Crippen LogP contribution in [-0.4, -0.2) is 104 Å². The number of rotatable bonds is 5. The molecular weight excluding hydrogens is 398 g/mol. The summed E-state index contributed by atoms with van der Waals surface area (Å²) >= 11 is 0. The first kappa shape index (κ1) is 21.4. The van der Waals surface area contributed by atoms with Crippen LogP contribution in [0, 0.1) is 0 Å². The third-order valence-electron chi connectivity index (χ3n) is 6.27. The minimum absolute atomic E-state index is 0.0258. The summed E-state index contributed by atoms with van der Waals surface area (Å²) in [5, 5.41) is 2.62. The number of para-hydroxylation sites is 2. The highest BCUT2D eigenvalue weighted by atomic mass is 16.5. The quantitative estimate of drug-likeness (QED) is 0.696. The average Bonchev–Trinajstić information content (AvgIpc) is 3.34. The van der Waals surface area contributed by atoms with E-state index in [2.05, 4.69) is 10.2 Å². The summed E-state index contributed by atoms with van der Waals surface area (Å²) in [6.07, 6.45) is 1.54. The Kier molecular flexibility index (Phi) is 6.60. The first-order valence-corrected chi connectivity index (χ1v) is 11.1. The molecule has 31 heavy (non-hydrogen) atoms. The molecular formula is C22H31N5O4. The average molecular weight is 430 g/mol. The van der Waals surface area contributed by atoms with Crippen molar-refractivity contribution < 1.29 is 19.1 Å². The van der Waals surface area contributed by atoms with E-state index >= 15 is 0 Å². The van der Waals surface area contributed by atoms with Crippen LogP contribution in [0.4, 0.5) is 5.69 Å². The molecule has 1 N–H and O–H groups in total. The van der Waals surface area contributed by atoms with Gasteiger partial charge in [-0.25, -0.2) is 0 Å². The monoisotopic (exact) mass is 429 g/mol. The Morgan fingerprint density at radius 1 is 0.935 bits per heavy atom. The summed E-state index contributed by atoms with van der Waals surface area (Å²) in [7, 11) is 1.58. The van der Waals surface area contributed by atoms with Gasteiger partial charge in [-0.2, -0.15) is 0 Å². The van der Waals surface area contributed by atoms with Gasteiger partial charge in [0.25, 0.3) is 5.91 Å². The predicted octanol–water partition coefficient (Wildman–Crippen LogP) is -0.233. The molecule has 1 atom stereocenters. The zero-order valence-corrected chi connectivity index (χ0v) is 18.1. The van der Waals surface area contributed by atoms with Crippen molar-refractivity contribution in [2.45, 2.75) is 18.9 Å². The molecule has 4 rings (SSSR count). The van der Waals surface area contributed by atoms with E-state index < -0.39 is 6.10 Å². The number of nitrogens with one attached hydrogen (secondary N) is 1. The fourth-order valence-corrected chi connectivity index (χ4v) is 4.43. The first-order valence-electron chi connectivity index (χ1n) is 11.1. The van der Waals surface area contributed by atoms with Crippen LogP contribution in [0.3, 0.4) is 0 Å². The lowest BCUT2D eigenvalue weighted by Crippen LogP contribution is -2.55. The van der Waals surface area contributed by atoms with Crippen LogP contribution in [0.1, 0.15) is 12.8 Å². The second-order valence-corrected chi connectivity index (χ2v) is 8.31. The molecule has 2 saturated heterocycles. The van der Waals surface area contributed by atoms with Gasteiger partial charge >= 0.3 is 0 Å². The smallest absolute Gasteiger partial charge is 0.262 e. The largest absolute Gasteiger partial charge is 0.477 e. The highest BCUT2D eigenvalue weighted by Gasteiger charge is 2.32. The lowest BCUT2D eigenvalue weighted by atomic mass is 10.1. The molecule has 0 spiro atoms. The molecule has 9 nitrogen and oxygen atoms in total. The zero-order chi connectivity index (χ0) is 21.8. The van der Waals surface area contributed by atoms with E-state index in [1.807, 2.05) is 39.0 Å². The molecule has 2 fully saturated rings. The van der Waals surface area contributed by atoms with Crippen molar-refractivity contribution >= 4 is 23.4 Å². The second kappa shape index (κ2) is 9.55. The normalized spacial score (nSPS) is 21.5. The van der Waals surface area contributed by atoms with Crippen molar-refractivity contribution in [3.05, 3.63) is 24.3 Å². The minimum atomic E-state index is -0.652. The number of amides is 3. The number of nitrogens with zero attached hydrogens (tertiary/aromatic N) is 4. The van der Waals surface area contributed by atoms with Crippen LogP contribution < -0.4 is 15.0 Å². The maximum absolute atomic E-state index is 13.0. The molecule has 3 amide bonds. The molecule has 3 aliphatic rings. The summed E-state index contributed by atoms with van der Waals surface area (Å²) in [6.45, 7) is 5.32. The predicted molar refractivity (Wildman–Crippen MR) is 116 cm³/mol. The number of ether oxygens (including phenoxy) is 1. The number of benzene rings is 1. The van der Waals surface area contributed by atoms with E-state index in [1.165, 1.54) is 0 Å². The van der Waals surface area contributed by atoms with Gasteiger partial charge in [0, 0.05) is 46.3 Å². The lowest BCUT2D eigenvalue weighted by Gasteiger charge is -2.38. The summed E-state index contributed by atoms with van der Waals surface area (Å²) in [6, 6.07) is 7.48. The molecule has 1 unspecified atom stereocenters. The Labute approximate surface area is 182 Å². The zero-order valence-electron chi connectivity index (χ0n) is 18.1. The van der Waals surface area contributed by atoms with Gasteiger partial charge in [-0.15, -0.1) is 0 Å². The van der Waals surface area contributed by atoms with Gasteiger partial charge in [-0.1, -0.05) is 12.1 Å². The standard InChI is InChI=1S/C22H31N5O4/c1-23-22(30)19-14-27(17-6-2-3-7-18(17)31-19)16-21(29)26-12-10-24(11-13-26)15-20(28)25-8-4-5-9-25/h2-3,6-7,19H,4-5,8-16H2,1H3,(H,23,30). The number of carbonyl (C=O) groups excluding carboxylic acids is 3. The van der Waals surface area contributed by atoms with Crippen molar-refractivity contribution in [1.29, 1.82) is 0 Å². The van der Waals surface area contributed by atoms with Crippen molar-refractivity contribution in [2.24, 2.45) is 0 Å². The SMILES string of the molecule is CNC(=O)C1CN(CC(=O)N2CCN(CC(=O)N3CCCC3)CC2)c2ccccc2O1. The Balaban J connectivity index is 1.32. The summed E-state index contributed by atoms with van der Waals surface area (Å²) in [5.41, 5.74) is 0.825. The Bertz CT molecular complexity index is 818. The van der Waals surface area contributed by atoms with Crippen LogP contribution in [0.2, 0.25) is 0 Å². The number of hydrogen-bond donors (Lipinski definition) is 1. The Hall–Kier alpha value is -2.81. The fraction of sp³-hybridized carbons (Fsp3) is 0.591. The number of likely N-dealkylation sites (tertiary alicyclic amines) is 1. The van der Waals surface area contributed by atoms with Crippen LogP contribution in [-0.2, 0) is 14.4 Å².